The quantitative estimate of drug-likeness (QED) is 0.877. The minimum Gasteiger partial charge on any atom is -0.454 e. The minimum absolute atomic E-state index is 0.0585. The molecule has 3 rings (SSSR count). The third-order valence-corrected chi connectivity index (χ3v) is 3.82. The highest BCUT2D eigenvalue weighted by Crippen LogP contribution is 2.40. The molecule has 1 aromatic carbocycles. The summed E-state index contributed by atoms with van der Waals surface area (Å²) in [7, 11) is -3.45. The van der Waals surface area contributed by atoms with Crippen molar-refractivity contribution in [1.29, 1.82) is 0 Å². The lowest BCUT2D eigenvalue weighted by atomic mass is 10.1. The number of aromatic nitrogens is 1. The summed E-state index contributed by atoms with van der Waals surface area (Å²) in [6.45, 7) is 0.0585. The van der Waals surface area contributed by atoms with Crippen LogP contribution >= 0.6 is 0 Å². The molecule has 0 aliphatic carbocycles. The van der Waals surface area contributed by atoms with Gasteiger partial charge in [-0.1, -0.05) is 5.16 Å². The molecule has 0 spiro atoms. The highest BCUT2D eigenvalue weighted by molar-refractivity contribution is 7.90. The van der Waals surface area contributed by atoms with E-state index in [4.69, 9.17) is 19.7 Å². The molecule has 19 heavy (non-hydrogen) atoms. The predicted molar refractivity (Wildman–Crippen MR) is 65.6 cm³/mol. The molecule has 1 aromatic heterocycles. The average molecular weight is 282 g/mol. The van der Waals surface area contributed by atoms with E-state index in [-0.39, 0.29) is 17.6 Å². The zero-order valence-electron chi connectivity index (χ0n) is 9.91. The lowest BCUT2D eigenvalue weighted by molar-refractivity contribution is 0.174. The van der Waals surface area contributed by atoms with Gasteiger partial charge in [-0.25, -0.2) is 8.42 Å². The van der Waals surface area contributed by atoms with Crippen molar-refractivity contribution in [2.45, 2.75) is 4.90 Å². The van der Waals surface area contributed by atoms with Crippen LogP contribution < -0.4 is 15.2 Å². The van der Waals surface area contributed by atoms with Gasteiger partial charge in [0.1, 0.15) is 5.69 Å². The van der Waals surface area contributed by atoms with Crippen LogP contribution in [0.5, 0.6) is 11.5 Å². The Morgan fingerprint density at radius 3 is 2.47 bits per heavy atom. The number of anilines is 1. The first-order chi connectivity index (χ1) is 8.95. The minimum atomic E-state index is -3.45. The molecule has 0 atom stereocenters. The molecule has 1 aliphatic rings. The predicted octanol–water partition coefficient (Wildman–Crippen LogP) is 1.06. The summed E-state index contributed by atoms with van der Waals surface area (Å²) in [6, 6.07) is 4.42. The van der Waals surface area contributed by atoms with Gasteiger partial charge in [-0.3, -0.25) is 0 Å². The lowest BCUT2D eigenvalue weighted by Gasteiger charge is -2.06. The first kappa shape index (κ1) is 11.8. The van der Waals surface area contributed by atoms with Crippen LogP contribution in [0.15, 0.2) is 27.6 Å². The highest BCUT2D eigenvalue weighted by Gasteiger charge is 2.24. The summed E-state index contributed by atoms with van der Waals surface area (Å²) in [5.41, 5.74) is 6.15. The van der Waals surface area contributed by atoms with Gasteiger partial charge in [0.05, 0.1) is 4.90 Å². The van der Waals surface area contributed by atoms with E-state index in [1.165, 1.54) is 12.1 Å². The molecule has 0 bridgehead atoms. The van der Waals surface area contributed by atoms with Crippen LogP contribution in [0.1, 0.15) is 0 Å². The van der Waals surface area contributed by atoms with Crippen molar-refractivity contribution >= 4 is 15.7 Å². The van der Waals surface area contributed by atoms with E-state index in [0.29, 0.717) is 22.8 Å². The van der Waals surface area contributed by atoms with Crippen LogP contribution in [0.2, 0.25) is 0 Å². The van der Waals surface area contributed by atoms with Crippen molar-refractivity contribution in [3.05, 3.63) is 18.2 Å². The van der Waals surface area contributed by atoms with E-state index < -0.39 is 9.84 Å². The number of fused-ring (bicyclic) bond motifs is 1. The Balaban J connectivity index is 2.28. The van der Waals surface area contributed by atoms with E-state index in [1.54, 1.807) is 6.07 Å². The Labute approximate surface area is 108 Å². The van der Waals surface area contributed by atoms with Crippen LogP contribution in [-0.4, -0.2) is 26.6 Å². The van der Waals surface area contributed by atoms with Gasteiger partial charge in [0.2, 0.25) is 12.7 Å². The van der Waals surface area contributed by atoms with E-state index in [0.717, 1.165) is 6.26 Å². The lowest BCUT2D eigenvalue weighted by Crippen LogP contribution is -2.00. The smallest absolute Gasteiger partial charge is 0.231 e. The fraction of sp³-hybridized carbons (Fsp3) is 0.182. The third kappa shape index (κ3) is 1.99. The van der Waals surface area contributed by atoms with E-state index in [1.807, 2.05) is 0 Å². The molecule has 100 valence electrons. The maximum Gasteiger partial charge on any atom is 0.231 e. The molecule has 8 heteroatoms. The topological polar surface area (TPSA) is 105 Å². The second kappa shape index (κ2) is 3.89. The van der Waals surface area contributed by atoms with Gasteiger partial charge >= 0.3 is 0 Å². The summed E-state index contributed by atoms with van der Waals surface area (Å²) < 4.78 is 38.9. The molecule has 2 N–H and O–H groups in total. The van der Waals surface area contributed by atoms with Crippen LogP contribution in [0.25, 0.3) is 11.3 Å². The number of benzene rings is 1. The fourth-order valence-corrected chi connectivity index (χ4v) is 2.73. The average Bonchev–Trinajstić information content (AvgIpc) is 2.93. The number of ether oxygens (including phenoxy) is 2. The van der Waals surface area contributed by atoms with E-state index in [2.05, 4.69) is 5.16 Å². The first-order valence-corrected chi connectivity index (χ1v) is 7.20. The number of hydrogen-bond donors (Lipinski definition) is 1. The molecule has 0 radical (unpaired) electrons. The number of nitrogens with two attached hydrogens (primary N) is 1. The van der Waals surface area contributed by atoms with Crippen molar-refractivity contribution in [1.82, 2.24) is 5.16 Å². The fourth-order valence-electron chi connectivity index (χ4n) is 1.85. The number of hydrogen-bond acceptors (Lipinski definition) is 7. The second-order valence-electron chi connectivity index (χ2n) is 4.09. The number of nitrogen functional groups attached to an aromatic ring is 1. The van der Waals surface area contributed by atoms with Gasteiger partial charge in [-0.05, 0) is 6.07 Å². The standard InChI is InChI=1S/C11H10N2O5S/c1-19(14,15)10-4-9-8(16-5-17-9)2-6(10)7-3-11(12)18-13-7/h2-4H,5,12H2,1H3. The Hall–Kier alpha value is -2.22. The molecule has 1 aliphatic heterocycles. The Morgan fingerprint density at radius 1 is 1.21 bits per heavy atom. The van der Waals surface area contributed by atoms with Crippen LogP contribution in [0.3, 0.4) is 0 Å². The summed E-state index contributed by atoms with van der Waals surface area (Å²) in [4.78, 5) is 0.0880. The highest BCUT2D eigenvalue weighted by atomic mass is 32.2. The van der Waals surface area contributed by atoms with Crippen molar-refractivity contribution in [3.63, 3.8) is 0 Å². The molecule has 7 nitrogen and oxygen atoms in total. The van der Waals surface area contributed by atoms with Crippen molar-refractivity contribution in [2.24, 2.45) is 0 Å². The van der Waals surface area contributed by atoms with E-state index in [9.17, 15) is 8.42 Å². The molecular weight excluding hydrogens is 272 g/mol. The maximum absolute atomic E-state index is 11.8. The second-order valence-corrected chi connectivity index (χ2v) is 6.07. The first-order valence-electron chi connectivity index (χ1n) is 5.31. The molecule has 2 heterocycles. The Kier molecular flexibility index (Phi) is 2.42. The molecule has 2 aromatic rings. The third-order valence-electron chi connectivity index (χ3n) is 2.68. The van der Waals surface area contributed by atoms with Crippen molar-refractivity contribution < 1.29 is 22.4 Å². The molecule has 0 amide bonds. The largest absolute Gasteiger partial charge is 0.454 e. The number of nitrogens with zero attached hydrogens (tertiary/aromatic N) is 1. The summed E-state index contributed by atoms with van der Waals surface area (Å²) in [5, 5.41) is 3.72. The maximum atomic E-state index is 11.8. The monoisotopic (exact) mass is 282 g/mol. The van der Waals surface area contributed by atoms with Gasteiger partial charge in [0.15, 0.2) is 21.3 Å². The summed E-state index contributed by atoms with van der Waals surface area (Å²) >= 11 is 0. The SMILES string of the molecule is CS(=O)(=O)c1cc2c(cc1-c1cc(N)on1)OCO2. The summed E-state index contributed by atoms with van der Waals surface area (Å²) in [5.74, 6) is 0.955. The Bertz CT molecular complexity index is 750. The van der Waals surface area contributed by atoms with Crippen LogP contribution in [0.4, 0.5) is 5.88 Å². The zero-order chi connectivity index (χ0) is 13.6. The molecular formula is C11H10N2O5S. The molecule has 0 saturated heterocycles. The zero-order valence-corrected chi connectivity index (χ0v) is 10.7. The van der Waals surface area contributed by atoms with Gasteiger partial charge in [0.25, 0.3) is 0 Å². The number of rotatable bonds is 2. The molecule has 0 saturated carbocycles. The van der Waals surface area contributed by atoms with Crippen molar-refractivity contribution in [3.8, 4) is 22.8 Å². The summed E-state index contributed by atoms with van der Waals surface area (Å²) in [6.07, 6.45) is 1.11. The van der Waals surface area contributed by atoms with Gasteiger partial charge in [-0.2, -0.15) is 0 Å². The normalized spacial score (nSPS) is 13.7. The molecule has 0 unspecified atom stereocenters. The van der Waals surface area contributed by atoms with Crippen LogP contribution in [0, 0.1) is 0 Å². The van der Waals surface area contributed by atoms with Gasteiger partial charge in [-0.15, -0.1) is 0 Å². The molecule has 0 fully saturated rings. The van der Waals surface area contributed by atoms with E-state index >= 15 is 0 Å². The van der Waals surface area contributed by atoms with Crippen LogP contribution in [-0.2, 0) is 9.84 Å². The Morgan fingerprint density at radius 2 is 1.89 bits per heavy atom. The van der Waals surface area contributed by atoms with Crippen molar-refractivity contribution in [2.75, 3.05) is 18.8 Å². The number of sulfone groups is 1. The van der Waals surface area contributed by atoms with Gasteiger partial charge < -0.3 is 19.7 Å². The van der Waals surface area contributed by atoms with Gasteiger partial charge in [0, 0.05) is 24.0 Å².